The molecular weight excluding hydrogens is 276 g/mol. The Hall–Kier alpha value is 0.137. The topological polar surface area (TPSA) is 29.5 Å². The number of hydrogen-bond donors (Lipinski definition) is 1. The van der Waals surface area contributed by atoms with Crippen LogP contribution in [0.25, 0.3) is 0 Å². The van der Waals surface area contributed by atoms with Crippen LogP contribution in [-0.2, 0) is 4.43 Å². The lowest BCUT2D eigenvalue weighted by atomic mass is 10.0. The summed E-state index contributed by atoms with van der Waals surface area (Å²) in [6.07, 6.45) is 11.3. The first kappa shape index (κ1) is 21.1. The van der Waals surface area contributed by atoms with E-state index in [1.165, 1.54) is 44.9 Å². The molecule has 0 heterocycles. The molecule has 0 spiro atoms. The number of rotatable bonds is 12. The summed E-state index contributed by atoms with van der Waals surface area (Å²) in [4.78, 5) is 0. The molecule has 0 rings (SSSR count). The maximum Gasteiger partial charge on any atom is 0.192 e. The van der Waals surface area contributed by atoms with Gasteiger partial charge in [0.05, 0.1) is 0 Å². The lowest BCUT2D eigenvalue weighted by Gasteiger charge is -2.39. The normalized spacial score (nSPS) is 14.4. The molecule has 3 heteroatoms. The number of unbranched alkanes of at least 4 members (excludes halogenated alkanes) is 5. The number of aliphatic hydroxyl groups excluding tert-OH is 1. The second kappa shape index (κ2) is 10.8. The third-order valence-electron chi connectivity index (χ3n) is 4.83. The summed E-state index contributed by atoms with van der Waals surface area (Å²) in [5.41, 5.74) is 0. The largest absolute Gasteiger partial charge is 0.414 e. The van der Waals surface area contributed by atoms with E-state index < -0.39 is 8.32 Å². The van der Waals surface area contributed by atoms with Crippen molar-refractivity contribution in [3.8, 4) is 0 Å². The van der Waals surface area contributed by atoms with Gasteiger partial charge in [0.15, 0.2) is 8.32 Å². The minimum atomic E-state index is -1.65. The summed E-state index contributed by atoms with van der Waals surface area (Å²) in [5, 5.41) is 9.19. The zero-order valence-corrected chi connectivity index (χ0v) is 16.5. The average Bonchev–Trinajstić information content (AvgIpc) is 2.37. The van der Waals surface area contributed by atoms with Crippen molar-refractivity contribution in [3.05, 3.63) is 0 Å². The van der Waals surface area contributed by atoms with Gasteiger partial charge >= 0.3 is 0 Å². The first-order chi connectivity index (χ1) is 9.74. The van der Waals surface area contributed by atoms with Crippen LogP contribution in [0, 0.1) is 0 Å². The van der Waals surface area contributed by atoms with Crippen LogP contribution in [0.1, 0.15) is 85.5 Å². The van der Waals surface area contributed by atoms with Gasteiger partial charge in [-0.15, -0.1) is 0 Å². The molecule has 1 atom stereocenters. The van der Waals surface area contributed by atoms with Gasteiger partial charge in [0, 0.05) is 12.7 Å². The molecule has 0 aromatic carbocycles. The summed E-state index contributed by atoms with van der Waals surface area (Å²) in [6.45, 7) is 14.3. The molecule has 0 saturated carbocycles. The Labute approximate surface area is 134 Å². The molecule has 0 bridgehead atoms. The maximum absolute atomic E-state index is 8.90. The Morgan fingerprint density at radius 1 is 0.905 bits per heavy atom. The number of hydrogen-bond acceptors (Lipinski definition) is 2. The smallest absolute Gasteiger partial charge is 0.192 e. The van der Waals surface area contributed by atoms with Gasteiger partial charge in [-0.25, -0.2) is 0 Å². The van der Waals surface area contributed by atoms with E-state index in [-0.39, 0.29) is 0 Å². The van der Waals surface area contributed by atoms with E-state index >= 15 is 0 Å². The fourth-order valence-electron chi connectivity index (χ4n) is 2.32. The van der Waals surface area contributed by atoms with Crippen molar-refractivity contribution in [2.24, 2.45) is 0 Å². The highest BCUT2D eigenvalue weighted by Crippen LogP contribution is 2.38. The Kier molecular flexibility index (Phi) is 10.9. The zero-order chi connectivity index (χ0) is 16.4. The van der Waals surface area contributed by atoms with Crippen molar-refractivity contribution in [2.45, 2.75) is 110 Å². The fraction of sp³-hybridized carbons (Fsp3) is 1.00. The van der Waals surface area contributed by atoms with Crippen LogP contribution >= 0.6 is 0 Å². The molecule has 0 radical (unpaired) electrons. The fourth-order valence-corrected chi connectivity index (χ4v) is 3.74. The van der Waals surface area contributed by atoms with Crippen molar-refractivity contribution in [1.82, 2.24) is 0 Å². The molecule has 1 N–H and O–H groups in total. The summed E-state index contributed by atoms with van der Waals surface area (Å²) in [5.74, 6) is 0. The molecule has 0 amide bonds. The van der Waals surface area contributed by atoms with E-state index in [9.17, 15) is 0 Å². The minimum Gasteiger partial charge on any atom is -0.414 e. The Morgan fingerprint density at radius 3 is 1.86 bits per heavy atom. The highest BCUT2D eigenvalue weighted by atomic mass is 28.4. The highest BCUT2D eigenvalue weighted by molar-refractivity contribution is 6.74. The molecule has 0 aliphatic rings. The van der Waals surface area contributed by atoms with E-state index in [2.05, 4.69) is 40.8 Å². The monoisotopic (exact) mass is 316 g/mol. The summed E-state index contributed by atoms with van der Waals surface area (Å²) in [7, 11) is -1.65. The van der Waals surface area contributed by atoms with Gasteiger partial charge in [0.2, 0.25) is 0 Å². The molecule has 0 aromatic rings. The van der Waals surface area contributed by atoms with Crippen molar-refractivity contribution in [2.75, 3.05) is 6.61 Å². The van der Waals surface area contributed by atoms with Crippen molar-refractivity contribution >= 4 is 8.32 Å². The predicted molar refractivity (Wildman–Crippen MR) is 96.4 cm³/mol. The van der Waals surface area contributed by atoms with Crippen LogP contribution in [0.2, 0.25) is 18.1 Å². The molecule has 0 aliphatic carbocycles. The van der Waals surface area contributed by atoms with E-state index in [4.69, 9.17) is 9.53 Å². The third kappa shape index (κ3) is 9.70. The molecular formula is C18H40O2Si. The molecule has 0 unspecified atom stereocenters. The second-order valence-corrected chi connectivity index (χ2v) is 12.7. The number of aliphatic hydroxyl groups is 1. The average molecular weight is 317 g/mol. The van der Waals surface area contributed by atoms with Crippen LogP contribution in [0.4, 0.5) is 0 Å². The van der Waals surface area contributed by atoms with Gasteiger partial charge in [-0.3, -0.25) is 0 Å². The van der Waals surface area contributed by atoms with Gasteiger partial charge in [-0.1, -0.05) is 66.2 Å². The highest BCUT2D eigenvalue weighted by Gasteiger charge is 2.38. The van der Waals surface area contributed by atoms with Gasteiger partial charge < -0.3 is 9.53 Å². The molecule has 21 heavy (non-hydrogen) atoms. The molecule has 0 aliphatic heterocycles. The molecule has 0 aromatic heterocycles. The van der Waals surface area contributed by atoms with Crippen LogP contribution in [0.15, 0.2) is 0 Å². The van der Waals surface area contributed by atoms with E-state index in [1.54, 1.807) is 0 Å². The molecule has 128 valence electrons. The molecule has 0 fully saturated rings. The van der Waals surface area contributed by atoms with Crippen LogP contribution in [0.5, 0.6) is 0 Å². The maximum atomic E-state index is 8.90. The Balaban J connectivity index is 4.35. The zero-order valence-electron chi connectivity index (χ0n) is 15.5. The first-order valence-corrected chi connectivity index (χ1v) is 11.9. The van der Waals surface area contributed by atoms with E-state index in [0.717, 1.165) is 12.8 Å². The minimum absolute atomic E-state index is 0.291. The van der Waals surface area contributed by atoms with E-state index in [1.807, 2.05) is 0 Å². The standard InChI is InChI=1S/C18H40O2Si/c1-7-8-9-11-14-17(15-12-10-13-16-19)20-21(5,6)18(2,3)4/h17,19H,7-16H2,1-6H3/t17-/m0/s1. The molecule has 2 nitrogen and oxygen atoms in total. The molecule has 0 saturated heterocycles. The Bertz CT molecular complexity index is 234. The lowest BCUT2D eigenvalue weighted by molar-refractivity contribution is 0.153. The van der Waals surface area contributed by atoms with Gasteiger partial charge in [-0.2, -0.15) is 0 Å². The van der Waals surface area contributed by atoms with Crippen LogP contribution in [0.3, 0.4) is 0 Å². The summed E-state index contributed by atoms with van der Waals surface area (Å²) < 4.78 is 6.64. The van der Waals surface area contributed by atoms with Gasteiger partial charge in [0.1, 0.15) is 0 Å². The van der Waals surface area contributed by atoms with E-state index in [0.29, 0.717) is 17.7 Å². The van der Waals surface area contributed by atoms with Gasteiger partial charge in [0.25, 0.3) is 0 Å². The third-order valence-corrected chi connectivity index (χ3v) is 9.37. The van der Waals surface area contributed by atoms with Crippen molar-refractivity contribution in [3.63, 3.8) is 0 Å². The van der Waals surface area contributed by atoms with Crippen molar-refractivity contribution in [1.29, 1.82) is 0 Å². The SMILES string of the molecule is CCCCCC[C@@H](CCCCCO)O[Si](C)(C)C(C)(C)C. The summed E-state index contributed by atoms with van der Waals surface area (Å²) >= 11 is 0. The van der Waals surface area contributed by atoms with Gasteiger partial charge in [-0.05, 0) is 37.4 Å². The van der Waals surface area contributed by atoms with Crippen LogP contribution in [-0.4, -0.2) is 26.1 Å². The quantitative estimate of drug-likeness (QED) is 0.359. The lowest BCUT2D eigenvalue weighted by Crippen LogP contribution is -2.44. The first-order valence-electron chi connectivity index (χ1n) is 9.03. The van der Waals surface area contributed by atoms with Crippen molar-refractivity contribution < 1.29 is 9.53 Å². The van der Waals surface area contributed by atoms with Crippen LogP contribution < -0.4 is 0 Å². The second-order valence-electron chi connectivity index (χ2n) is 7.92. The summed E-state index contributed by atoms with van der Waals surface area (Å²) in [6, 6.07) is 0. The Morgan fingerprint density at radius 2 is 1.43 bits per heavy atom. The predicted octanol–water partition coefficient (Wildman–Crippen LogP) is 5.90.